The van der Waals surface area contributed by atoms with Gasteiger partial charge in [0.2, 0.25) is 0 Å². The van der Waals surface area contributed by atoms with Crippen LogP contribution in [0, 0.1) is 0 Å². The lowest BCUT2D eigenvalue weighted by Gasteiger charge is -2.11. The molecule has 0 atom stereocenters. The third-order valence-electron chi connectivity index (χ3n) is 2.44. The van der Waals surface area contributed by atoms with Crippen molar-refractivity contribution < 1.29 is 14.3 Å². The van der Waals surface area contributed by atoms with Crippen LogP contribution in [0.25, 0.3) is 0 Å². The first-order valence-electron chi connectivity index (χ1n) is 5.60. The van der Waals surface area contributed by atoms with E-state index in [4.69, 9.17) is 9.47 Å². The molecule has 1 aromatic rings. The number of amides is 2. The van der Waals surface area contributed by atoms with Crippen molar-refractivity contribution in [2.75, 3.05) is 13.8 Å². The van der Waals surface area contributed by atoms with E-state index < -0.39 is 0 Å². The second-order valence-electron chi connectivity index (χ2n) is 3.86. The van der Waals surface area contributed by atoms with Gasteiger partial charge in [0, 0.05) is 6.04 Å². The van der Waals surface area contributed by atoms with Crippen LogP contribution in [0.15, 0.2) is 24.3 Å². The standard InChI is InChI=1S/C12H16N2O3/c1-16-10-4-2-3-5-11(10)17-8-13-12(15)14-9-6-7-9/h2-5,9H,6-8H2,1H3,(H2,13,14,15). The second kappa shape index (κ2) is 5.43. The maximum Gasteiger partial charge on any atom is 0.317 e. The number of rotatable bonds is 5. The summed E-state index contributed by atoms with van der Waals surface area (Å²) in [5.74, 6) is 1.26. The molecular weight excluding hydrogens is 220 g/mol. The summed E-state index contributed by atoms with van der Waals surface area (Å²) in [7, 11) is 1.58. The van der Waals surface area contributed by atoms with E-state index in [9.17, 15) is 4.79 Å². The zero-order valence-electron chi connectivity index (χ0n) is 9.73. The molecule has 1 aromatic carbocycles. The number of carbonyl (C=O) groups is 1. The molecule has 92 valence electrons. The van der Waals surface area contributed by atoms with Crippen molar-refractivity contribution in [1.29, 1.82) is 0 Å². The van der Waals surface area contributed by atoms with Crippen molar-refractivity contribution in [1.82, 2.24) is 10.6 Å². The third kappa shape index (κ3) is 3.55. The van der Waals surface area contributed by atoms with E-state index in [1.54, 1.807) is 19.2 Å². The fourth-order valence-electron chi connectivity index (χ4n) is 1.38. The van der Waals surface area contributed by atoms with E-state index in [0.29, 0.717) is 17.5 Å². The number of ether oxygens (including phenoxy) is 2. The van der Waals surface area contributed by atoms with Gasteiger partial charge < -0.3 is 20.1 Å². The van der Waals surface area contributed by atoms with Crippen LogP contribution < -0.4 is 20.1 Å². The Morgan fingerprint density at radius 1 is 1.35 bits per heavy atom. The van der Waals surface area contributed by atoms with Gasteiger partial charge in [0.1, 0.15) is 0 Å². The number of urea groups is 1. The summed E-state index contributed by atoms with van der Waals surface area (Å²) in [5, 5.41) is 5.43. The molecule has 0 aliphatic heterocycles. The molecule has 1 aliphatic rings. The predicted octanol–water partition coefficient (Wildman–Crippen LogP) is 1.49. The van der Waals surface area contributed by atoms with Crippen LogP contribution in [0.2, 0.25) is 0 Å². The van der Waals surface area contributed by atoms with Gasteiger partial charge in [-0.2, -0.15) is 0 Å². The lowest BCUT2D eigenvalue weighted by molar-refractivity contribution is 0.221. The fourth-order valence-corrected chi connectivity index (χ4v) is 1.38. The van der Waals surface area contributed by atoms with E-state index in [0.717, 1.165) is 12.8 Å². The van der Waals surface area contributed by atoms with Crippen molar-refractivity contribution in [2.45, 2.75) is 18.9 Å². The van der Waals surface area contributed by atoms with Crippen molar-refractivity contribution in [3.05, 3.63) is 24.3 Å². The molecule has 5 nitrogen and oxygen atoms in total. The highest BCUT2D eigenvalue weighted by Gasteiger charge is 2.22. The van der Waals surface area contributed by atoms with E-state index in [-0.39, 0.29) is 12.8 Å². The smallest absolute Gasteiger partial charge is 0.317 e. The average Bonchev–Trinajstić information content (AvgIpc) is 3.13. The van der Waals surface area contributed by atoms with Gasteiger partial charge in [-0.15, -0.1) is 0 Å². The minimum absolute atomic E-state index is 0.124. The third-order valence-corrected chi connectivity index (χ3v) is 2.44. The van der Waals surface area contributed by atoms with Gasteiger partial charge in [-0.05, 0) is 25.0 Å². The SMILES string of the molecule is COc1ccccc1OCNC(=O)NC1CC1. The first-order valence-corrected chi connectivity index (χ1v) is 5.60. The zero-order chi connectivity index (χ0) is 12.1. The molecule has 0 bridgehead atoms. The normalized spacial score (nSPS) is 13.9. The molecule has 1 saturated carbocycles. The number of hydrogen-bond donors (Lipinski definition) is 2. The number of para-hydroxylation sites is 2. The molecule has 0 saturated heterocycles. The average molecular weight is 236 g/mol. The Labute approximate surface area is 100 Å². The second-order valence-corrected chi connectivity index (χ2v) is 3.86. The van der Waals surface area contributed by atoms with Crippen molar-refractivity contribution in [3.8, 4) is 11.5 Å². The Morgan fingerprint density at radius 3 is 2.71 bits per heavy atom. The topological polar surface area (TPSA) is 59.6 Å². The highest BCUT2D eigenvalue weighted by molar-refractivity contribution is 5.74. The van der Waals surface area contributed by atoms with Gasteiger partial charge in [0.15, 0.2) is 18.2 Å². The van der Waals surface area contributed by atoms with Gasteiger partial charge in [0.25, 0.3) is 0 Å². The summed E-state index contributed by atoms with van der Waals surface area (Å²) in [6, 6.07) is 7.46. The minimum Gasteiger partial charge on any atom is -0.493 e. The highest BCUT2D eigenvalue weighted by Crippen LogP contribution is 2.25. The van der Waals surface area contributed by atoms with Crippen LogP contribution >= 0.6 is 0 Å². The van der Waals surface area contributed by atoms with Crippen LogP contribution in [0.1, 0.15) is 12.8 Å². The number of carbonyl (C=O) groups excluding carboxylic acids is 1. The number of hydrogen-bond acceptors (Lipinski definition) is 3. The summed E-state index contributed by atoms with van der Waals surface area (Å²) < 4.78 is 10.5. The predicted molar refractivity (Wildman–Crippen MR) is 63.2 cm³/mol. The Bertz CT molecular complexity index is 391. The van der Waals surface area contributed by atoms with E-state index in [1.807, 2.05) is 12.1 Å². The molecule has 0 spiro atoms. The van der Waals surface area contributed by atoms with Crippen molar-refractivity contribution in [3.63, 3.8) is 0 Å². The molecule has 0 aromatic heterocycles. The highest BCUT2D eigenvalue weighted by atomic mass is 16.5. The summed E-state index contributed by atoms with van der Waals surface area (Å²) >= 11 is 0. The molecule has 0 unspecified atom stereocenters. The fraction of sp³-hybridized carbons (Fsp3) is 0.417. The monoisotopic (exact) mass is 236 g/mol. The number of nitrogens with one attached hydrogen (secondary N) is 2. The molecule has 17 heavy (non-hydrogen) atoms. The summed E-state index contributed by atoms with van der Waals surface area (Å²) in [5.41, 5.74) is 0. The molecule has 5 heteroatoms. The molecular formula is C12H16N2O3. The Kier molecular flexibility index (Phi) is 3.69. The Balaban J connectivity index is 1.74. The number of methoxy groups -OCH3 is 1. The molecule has 0 heterocycles. The van der Waals surface area contributed by atoms with Crippen LogP contribution in [0.3, 0.4) is 0 Å². The van der Waals surface area contributed by atoms with E-state index in [1.165, 1.54) is 0 Å². The lowest BCUT2D eigenvalue weighted by Crippen LogP contribution is -2.38. The van der Waals surface area contributed by atoms with Crippen LogP contribution in [-0.2, 0) is 0 Å². The maximum atomic E-state index is 11.3. The van der Waals surface area contributed by atoms with Gasteiger partial charge in [-0.1, -0.05) is 12.1 Å². The summed E-state index contributed by atoms with van der Waals surface area (Å²) in [4.78, 5) is 11.3. The van der Waals surface area contributed by atoms with Crippen LogP contribution in [0.4, 0.5) is 4.79 Å². The first-order chi connectivity index (χ1) is 8.29. The molecule has 2 rings (SSSR count). The maximum absolute atomic E-state index is 11.3. The summed E-state index contributed by atoms with van der Waals surface area (Å²) in [6.07, 6.45) is 2.14. The van der Waals surface area contributed by atoms with Gasteiger partial charge >= 0.3 is 6.03 Å². The van der Waals surface area contributed by atoms with Crippen molar-refractivity contribution in [2.24, 2.45) is 0 Å². The first kappa shape index (κ1) is 11.6. The van der Waals surface area contributed by atoms with E-state index >= 15 is 0 Å². The summed E-state index contributed by atoms with van der Waals surface area (Å²) in [6.45, 7) is 0.124. The molecule has 1 fully saturated rings. The van der Waals surface area contributed by atoms with Crippen LogP contribution in [0.5, 0.6) is 11.5 Å². The largest absolute Gasteiger partial charge is 0.493 e. The molecule has 1 aliphatic carbocycles. The Morgan fingerprint density at radius 2 is 2.06 bits per heavy atom. The minimum atomic E-state index is -0.192. The van der Waals surface area contributed by atoms with Crippen molar-refractivity contribution >= 4 is 6.03 Å². The van der Waals surface area contributed by atoms with E-state index in [2.05, 4.69) is 10.6 Å². The molecule has 2 amide bonds. The van der Waals surface area contributed by atoms with Crippen LogP contribution in [-0.4, -0.2) is 25.9 Å². The Hall–Kier alpha value is -1.91. The quantitative estimate of drug-likeness (QED) is 0.761. The van der Waals surface area contributed by atoms with Gasteiger partial charge in [-0.25, -0.2) is 4.79 Å². The zero-order valence-corrected chi connectivity index (χ0v) is 9.73. The number of benzene rings is 1. The lowest BCUT2D eigenvalue weighted by atomic mass is 10.3. The molecule has 2 N–H and O–H groups in total. The van der Waals surface area contributed by atoms with Gasteiger partial charge in [-0.3, -0.25) is 0 Å². The van der Waals surface area contributed by atoms with Gasteiger partial charge in [0.05, 0.1) is 7.11 Å². The molecule has 0 radical (unpaired) electrons.